The van der Waals surface area contributed by atoms with E-state index in [9.17, 15) is 0 Å². The maximum absolute atomic E-state index is 5.74. The molecule has 0 amide bonds. The first-order valence-corrected chi connectivity index (χ1v) is 5.67. The summed E-state index contributed by atoms with van der Waals surface area (Å²) in [4.78, 5) is 2.37. The maximum Gasteiger partial charge on any atom is 0.0297 e. The third-order valence-corrected chi connectivity index (χ3v) is 3.18. The average Bonchev–Trinajstić information content (AvgIpc) is 2.09. The molecule has 1 heterocycles. The second-order valence-electron chi connectivity index (χ2n) is 4.02. The molecule has 1 fully saturated rings. The minimum absolute atomic E-state index is 0.391. The lowest BCUT2D eigenvalue weighted by Crippen LogP contribution is -2.54. The van der Waals surface area contributed by atoms with E-state index in [4.69, 9.17) is 5.73 Å². The Labute approximate surface area is 93.2 Å². The highest BCUT2D eigenvalue weighted by atomic mass is 79.9. The van der Waals surface area contributed by atoms with Crippen molar-refractivity contribution in [3.8, 4) is 0 Å². The molecular weight excluding hydrogens is 240 g/mol. The van der Waals surface area contributed by atoms with Crippen LogP contribution in [-0.4, -0.2) is 24.0 Å². The fraction of sp³-hybridized carbons (Fsp3) is 0.455. The first-order chi connectivity index (χ1) is 6.65. The summed E-state index contributed by atoms with van der Waals surface area (Å²) in [6, 6.07) is 6.82. The van der Waals surface area contributed by atoms with Crippen LogP contribution in [0.3, 0.4) is 0 Å². The summed E-state index contributed by atoms with van der Waals surface area (Å²) in [5, 5.41) is 0. The van der Waals surface area contributed by atoms with Gasteiger partial charge in [0.2, 0.25) is 0 Å². The molecule has 0 aliphatic carbocycles. The summed E-state index contributed by atoms with van der Waals surface area (Å²) in [6.07, 6.45) is 0. The van der Waals surface area contributed by atoms with Crippen molar-refractivity contribution >= 4 is 15.9 Å². The van der Waals surface area contributed by atoms with Crippen molar-refractivity contribution < 1.29 is 0 Å². The van der Waals surface area contributed by atoms with E-state index < -0.39 is 0 Å². The molecule has 0 radical (unpaired) electrons. The number of likely N-dealkylation sites (tertiary alicyclic amines) is 1. The van der Waals surface area contributed by atoms with Gasteiger partial charge in [0.1, 0.15) is 0 Å². The molecule has 0 unspecified atom stereocenters. The standard InChI is InChI=1S/C11H15BrN2/c1-8-2-3-10(12)4-9(8)5-14-6-11(13)7-14/h2-4,11H,5-7,13H2,1H3. The van der Waals surface area contributed by atoms with Crippen LogP contribution in [0.5, 0.6) is 0 Å². The zero-order valence-corrected chi connectivity index (χ0v) is 9.92. The highest BCUT2D eigenvalue weighted by Crippen LogP contribution is 2.19. The van der Waals surface area contributed by atoms with Crippen molar-refractivity contribution in [2.75, 3.05) is 13.1 Å². The lowest BCUT2D eigenvalue weighted by atomic mass is 10.1. The summed E-state index contributed by atoms with van der Waals surface area (Å²) in [5.41, 5.74) is 8.49. The summed E-state index contributed by atoms with van der Waals surface area (Å²) < 4.78 is 1.16. The van der Waals surface area contributed by atoms with E-state index in [1.54, 1.807) is 0 Å². The van der Waals surface area contributed by atoms with Crippen LogP contribution in [-0.2, 0) is 6.54 Å². The first-order valence-electron chi connectivity index (χ1n) is 4.88. The molecular formula is C11H15BrN2. The molecule has 14 heavy (non-hydrogen) atoms. The molecule has 0 saturated carbocycles. The zero-order chi connectivity index (χ0) is 10.1. The SMILES string of the molecule is Cc1ccc(Br)cc1CN1CC(N)C1. The number of aryl methyl sites for hydroxylation is 1. The highest BCUT2D eigenvalue weighted by molar-refractivity contribution is 9.10. The fourth-order valence-corrected chi connectivity index (χ4v) is 2.20. The zero-order valence-electron chi connectivity index (χ0n) is 8.33. The molecule has 0 atom stereocenters. The average molecular weight is 255 g/mol. The molecule has 1 saturated heterocycles. The topological polar surface area (TPSA) is 29.3 Å². The third kappa shape index (κ3) is 2.16. The minimum atomic E-state index is 0.391. The van der Waals surface area contributed by atoms with Crippen molar-refractivity contribution in [1.82, 2.24) is 4.90 Å². The Bertz CT molecular complexity index is 332. The van der Waals surface area contributed by atoms with Gasteiger partial charge < -0.3 is 5.73 Å². The number of nitrogens with zero attached hydrogens (tertiary/aromatic N) is 1. The molecule has 0 aromatic heterocycles. The van der Waals surface area contributed by atoms with Gasteiger partial charge in [-0.05, 0) is 30.2 Å². The first kappa shape index (κ1) is 10.1. The van der Waals surface area contributed by atoms with Gasteiger partial charge in [-0.2, -0.15) is 0 Å². The van der Waals surface area contributed by atoms with E-state index in [0.29, 0.717) is 6.04 Å². The van der Waals surface area contributed by atoms with Crippen molar-refractivity contribution in [2.45, 2.75) is 19.5 Å². The molecule has 0 spiro atoms. The van der Waals surface area contributed by atoms with Gasteiger partial charge >= 0.3 is 0 Å². The van der Waals surface area contributed by atoms with Gasteiger partial charge in [0.25, 0.3) is 0 Å². The van der Waals surface area contributed by atoms with Crippen LogP contribution in [0.15, 0.2) is 22.7 Å². The molecule has 0 bridgehead atoms. The second-order valence-corrected chi connectivity index (χ2v) is 4.94. The lowest BCUT2D eigenvalue weighted by molar-refractivity contribution is 0.142. The number of nitrogens with two attached hydrogens (primary N) is 1. The molecule has 2 N–H and O–H groups in total. The molecule has 76 valence electrons. The van der Waals surface area contributed by atoms with Crippen LogP contribution in [0, 0.1) is 6.92 Å². The monoisotopic (exact) mass is 254 g/mol. The number of hydrogen-bond acceptors (Lipinski definition) is 2. The number of rotatable bonds is 2. The van der Waals surface area contributed by atoms with Gasteiger partial charge in [0.05, 0.1) is 0 Å². The molecule has 1 aliphatic rings. The number of benzene rings is 1. The smallest absolute Gasteiger partial charge is 0.0297 e. The van der Waals surface area contributed by atoms with E-state index in [1.807, 2.05) is 0 Å². The van der Waals surface area contributed by atoms with Crippen molar-refractivity contribution in [3.05, 3.63) is 33.8 Å². The van der Waals surface area contributed by atoms with E-state index >= 15 is 0 Å². The third-order valence-electron chi connectivity index (χ3n) is 2.69. The van der Waals surface area contributed by atoms with Crippen molar-refractivity contribution in [3.63, 3.8) is 0 Å². The van der Waals surface area contributed by atoms with Crippen LogP contribution in [0.2, 0.25) is 0 Å². The van der Waals surface area contributed by atoms with Gasteiger partial charge in [-0.1, -0.05) is 22.0 Å². The van der Waals surface area contributed by atoms with Crippen LogP contribution < -0.4 is 5.73 Å². The fourth-order valence-electron chi connectivity index (χ4n) is 1.79. The van der Waals surface area contributed by atoms with Gasteiger partial charge in [0.15, 0.2) is 0 Å². The highest BCUT2D eigenvalue weighted by Gasteiger charge is 2.22. The predicted molar refractivity (Wildman–Crippen MR) is 62.1 cm³/mol. The number of hydrogen-bond donors (Lipinski definition) is 1. The molecule has 1 aliphatic heterocycles. The summed E-state index contributed by atoms with van der Waals surface area (Å²) in [7, 11) is 0. The Hall–Kier alpha value is -0.380. The Balaban J connectivity index is 2.05. The Morgan fingerprint density at radius 2 is 2.21 bits per heavy atom. The van der Waals surface area contributed by atoms with Gasteiger partial charge in [0, 0.05) is 30.1 Å². The second kappa shape index (κ2) is 4.01. The van der Waals surface area contributed by atoms with E-state index in [0.717, 1.165) is 24.1 Å². The normalized spacial score (nSPS) is 18.2. The van der Waals surface area contributed by atoms with E-state index in [2.05, 4.69) is 46.0 Å². The molecule has 1 aromatic rings. The molecule has 3 heteroatoms. The number of halogens is 1. The summed E-state index contributed by atoms with van der Waals surface area (Å²) in [5.74, 6) is 0. The van der Waals surface area contributed by atoms with Crippen LogP contribution in [0.1, 0.15) is 11.1 Å². The Morgan fingerprint density at radius 1 is 1.50 bits per heavy atom. The van der Waals surface area contributed by atoms with Crippen LogP contribution >= 0.6 is 15.9 Å². The van der Waals surface area contributed by atoms with Gasteiger partial charge in [-0.3, -0.25) is 4.90 Å². The van der Waals surface area contributed by atoms with Gasteiger partial charge in [-0.25, -0.2) is 0 Å². The predicted octanol–water partition coefficient (Wildman–Crippen LogP) is 1.90. The van der Waals surface area contributed by atoms with Crippen LogP contribution in [0.4, 0.5) is 0 Å². The Morgan fingerprint density at radius 3 is 2.86 bits per heavy atom. The molecule has 2 rings (SSSR count). The molecule has 2 nitrogen and oxygen atoms in total. The summed E-state index contributed by atoms with van der Waals surface area (Å²) >= 11 is 3.49. The van der Waals surface area contributed by atoms with E-state index in [1.165, 1.54) is 11.1 Å². The minimum Gasteiger partial charge on any atom is -0.325 e. The lowest BCUT2D eigenvalue weighted by Gasteiger charge is -2.37. The van der Waals surface area contributed by atoms with Gasteiger partial charge in [-0.15, -0.1) is 0 Å². The quantitative estimate of drug-likeness (QED) is 0.874. The maximum atomic E-state index is 5.74. The molecule has 1 aromatic carbocycles. The van der Waals surface area contributed by atoms with Crippen molar-refractivity contribution in [1.29, 1.82) is 0 Å². The van der Waals surface area contributed by atoms with Crippen LogP contribution in [0.25, 0.3) is 0 Å². The van der Waals surface area contributed by atoms with Crippen molar-refractivity contribution in [2.24, 2.45) is 5.73 Å². The largest absolute Gasteiger partial charge is 0.325 e. The summed E-state index contributed by atoms with van der Waals surface area (Å²) in [6.45, 7) is 5.25. The van der Waals surface area contributed by atoms with E-state index in [-0.39, 0.29) is 0 Å². The Kier molecular flexibility index (Phi) is 2.91.